The molecular weight excluding hydrogens is 803 g/mol. The van der Waals surface area contributed by atoms with Gasteiger partial charge >= 0.3 is 6.09 Å². The lowest BCUT2D eigenvalue weighted by Crippen LogP contribution is -2.61. The number of methoxy groups -OCH3 is 1. The number of amides is 4. The number of nitrogens with one attached hydrogen (secondary N) is 3. The van der Waals surface area contributed by atoms with Crippen LogP contribution in [0.4, 0.5) is 13.6 Å². The molecule has 4 amide bonds. The molecule has 15 nitrogen and oxygen atoms in total. The number of alkyl halides is 2. The lowest BCUT2D eigenvalue weighted by atomic mass is 9.85. The molecular formula is C42H56F2N6O9S. The largest absolute Gasteiger partial charge is 0.497 e. The number of nitrogens with zero attached hydrogens (tertiary/aromatic N) is 3. The fraction of sp³-hybridized carbons (Fsp3) is 0.714. The van der Waals surface area contributed by atoms with E-state index in [9.17, 15) is 36.4 Å². The average molecular weight is 859 g/mol. The Bertz CT molecular complexity index is 2220. The molecule has 60 heavy (non-hydrogen) atoms. The third-order valence-corrected chi connectivity index (χ3v) is 16.4. The highest BCUT2D eigenvalue weighted by Crippen LogP contribution is 2.58. The highest BCUT2D eigenvalue weighted by Gasteiger charge is 2.68. The second kappa shape index (κ2) is 14.6. The molecule has 18 heteroatoms. The van der Waals surface area contributed by atoms with Gasteiger partial charge in [-0.25, -0.2) is 32.0 Å². The van der Waals surface area contributed by atoms with E-state index in [2.05, 4.69) is 17.6 Å². The van der Waals surface area contributed by atoms with Gasteiger partial charge in [0.1, 0.15) is 41.3 Å². The minimum atomic E-state index is -4.25. The fourth-order valence-corrected chi connectivity index (χ4v) is 10.8. The summed E-state index contributed by atoms with van der Waals surface area (Å²) in [5, 5.41) is 5.30. The van der Waals surface area contributed by atoms with Gasteiger partial charge in [-0.1, -0.05) is 41.0 Å². The molecule has 1 saturated heterocycles. The minimum Gasteiger partial charge on any atom is -0.497 e. The SMILES string of the molecule is CC[C@@H]1[C@@H]2CN(C(=O)[C@H](C(C)(C)C)NC(=O)O[C@@H]3C[C@H]3CCCC3CC3(C)c3nc4ccc(OC)cc4nc3O2)[C@@H]1C(=O)N[C@]1(C(=O)NS(=O)(=O)C2(C)CC2)C[C@H]1C(F)F. The number of carbonyl (C=O) groups excluding carboxylic acids is 4. The molecule has 0 radical (unpaired) electrons. The highest BCUT2D eigenvalue weighted by molar-refractivity contribution is 7.91. The van der Waals surface area contributed by atoms with E-state index in [1.807, 2.05) is 10.8 Å². The van der Waals surface area contributed by atoms with Crippen LogP contribution in [0, 0.1) is 29.1 Å². The van der Waals surface area contributed by atoms with E-state index in [-0.39, 0.29) is 42.2 Å². The van der Waals surface area contributed by atoms with Crippen LogP contribution in [0.25, 0.3) is 11.0 Å². The maximum absolute atomic E-state index is 14.9. The van der Waals surface area contributed by atoms with Gasteiger partial charge in [0.2, 0.25) is 34.1 Å². The number of benzene rings is 1. The third kappa shape index (κ3) is 7.52. The van der Waals surface area contributed by atoms with Gasteiger partial charge in [-0.2, -0.15) is 0 Å². The van der Waals surface area contributed by atoms with E-state index in [1.165, 1.54) is 11.8 Å². The van der Waals surface area contributed by atoms with Crippen molar-refractivity contribution in [1.82, 2.24) is 30.2 Å². The second-order valence-corrected chi connectivity index (χ2v) is 21.7. The van der Waals surface area contributed by atoms with Crippen molar-refractivity contribution in [3.8, 4) is 11.6 Å². The number of carbonyl (C=O) groups is 4. The number of hydrogen-bond acceptors (Lipinski definition) is 11. The molecule has 1 aromatic heterocycles. The van der Waals surface area contributed by atoms with E-state index < -0.39 is 92.4 Å². The third-order valence-electron chi connectivity index (χ3n) is 14.2. The number of hydrogen-bond donors (Lipinski definition) is 3. The fourth-order valence-electron chi connectivity index (χ4n) is 9.48. The Morgan fingerprint density at radius 1 is 1.07 bits per heavy atom. The standard InChI is InChI=1S/C42H56F2N6O9S/c1-8-24-29-20-50(30(24)34(51)48-42(19-25(42)33(43)44)37(53)49-60(55,56)40(5)14-15-40)36(52)32(39(2,3)4)47-38(54)59-28-16-21(28)10-9-11-22-18-41(22,6)31-35(58-29)46-27-17-23(57-7)12-13-26(27)45-31/h12-13,17,21-22,24-25,28-30,32-33H,8-11,14-16,18-20H2,1-7H3,(H,47,54)(H,48,51)(H,49,53)/t21-,22?,24-,25+,28-,29+,30+,32-,41?,42-/m1/s1. The molecule has 2 aliphatic heterocycles. The van der Waals surface area contributed by atoms with Crippen LogP contribution in [0.3, 0.4) is 0 Å². The van der Waals surface area contributed by atoms with Crippen LogP contribution in [-0.4, -0.2) is 102 Å². The van der Waals surface area contributed by atoms with E-state index in [4.69, 9.17) is 24.2 Å². The maximum atomic E-state index is 14.9. The van der Waals surface area contributed by atoms with Crippen LogP contribution in [0.2, 0.25) is 0 Å². The van der Waals surface area contributed by atoms with Crippen LogP contribution in [0.15, 0.2) is 18.2 Å². The molecule has 2 aromatic rings. The first-order valence-electron chi connectivity index (χ1n) is 21.1. The van der Waals surface area contributed by atoms with Crippen LogP contribution >= 0.6 is 0 Å². The van der Waals surface area contributed by atoms with Gasteiger partial charge < -0.3 is 29.7 Å². The summed E-state index contributed by atoms with van der Waals surface area (Å²) in [4.78, 5) is 68.3. The topological polar surface area (TPSA) is 195 Å². The predicted molar refractivity (Wildman–Crippen MR) is 214 cm³/mol. The van der Waals surface area contributed by atoms with Crippen molar-refractivity contribution in [3.05, 3.63) is 23.9 Å². The molecule has 0 spiro atoms. The summed E-state index contributed by atoms with van der Waals surface area (Å²) in [5.74, 6) is -4.02. The normalized spacial score (nSPS) is 34.7. The predicted octanol–water partition coefficient (Wildman–Crippen LogP) is 4.75. The Hall–Kier alpha value is -4.35. The van der Waals surface area contributed by atoms with Crippen molar-refractivity contribution in [2.45, 2.75) is 146 Å². The van der Waals surface area contributed by atoms with Crippen molar-refractivity contribution in [1.29, 1.82) is 0 Å². The smallest absolute Gasteiger partial charge is 0.408 e. The van der Waals surface area contributed by atoms with Crippen LogP contribution in [-0.2, 0) is 34.6 Å². The van der Waals surface area contributed by atoms with Gasteiger partial charge in [0.25, 0.3) is 5.91 Å². The van der Waals surface area contributed by atoms with Crippen molar-refractivity contribution >= 4 is 44.9 Å². The van der Waals surface area contributed by atoms with Gasteiger partial charge in [0.05, 0.1) is 35.4 Å². The average Bonchev–Trinajstić information content (AvgIpc) is 4.08. The van der Waals surface area contributed by atoms with E-state index in [0.717, 1.165) is 25.7 Å². The summed E-state index contributed by atoms with van der Waals surface area (Å²) in [7, 11) is -2.70. The van der Waals surface area contributed by atoms with E-state index >= 15 is 0 Å². The molecule has 10 atom stereocenters. The van der Waals surface area contributed by atoms with E-state index in [1.54, 1.807) is 46.9 Å². The van der Waals surface area contributed by atoms with Crippen LogP contribution in [0.5, 0.6) is 11.6 Å². The van der Waals surface area contributed by atoms with E-state index in [0.29, 0.717) is 41.7 Å². The first-order valence-corrected chi connectivity index (χ1v) is 22.6. The summed E-state index contributed by atoms with van der Waals surface area (Å²) >= 11 is 0. The Morgan fingerprint density at radius 3 is 2.43 bits per heavy atom. The Kier molecular flexibility index (Phi) is 10.3. The van der Waals surface area contributed by atoms with Crippen LogP contribution in [0.1, 0.15) is 105 Å². The molecule has 8 rings (SSSR count). The summed E-state index contributed by atoms with van der Waals surface area (Å²) in [5.41, 5.74) is -1.74. The number of aromatic nitrogens is 2. The minimum absolute atomic E-state index is 0.176. The first-order chi connectivity index (χ1) is 28.1. The molecule has 328 valence electrons. The van der Waals surface area contributed by atoms with Gasteiger partial charge in [-0.3, -0.25) is 19.1 Å². The number of ether oxygens (including phenoxy) is 3. The summed E-state index contributed by atoms with van der Waals surface area (Å²) < 4.78 is 74.0. The molecule has 4 aliphatic carbocycles. The zero-order chi connectivity index (χ0) is 43.3. The Balaban J connectivity index is 1.19. The zero-order valence-corrected chi connectivity index (χ0v) is 36.0. The maximum Gasteiger partial charge on any atom is 0.408 e. The Morgan fingerprint density at radius 2 is 1.80 bits per heavy atom. The number of rotatable bonds is 8. The van der Waals surface area contributed by atoms with Crippen molar-refractivity contribution < 1.29 is 50.6 Å². The first kappa shape index (κ1) is 42.3. The molecule has 3 heterocycles. The lowest BCUT2D eigenvalue weighted by molar-refractivity contribution is -0.144. The monoisotopic (exact) mass is 858 g/mol. The summed E-state index contributed by atoms with van der Waals surface area (Å²) in [6.45, 7) is 10.5. The lowest BCUT2D eigenvalue weighted by Gasteiger charge is -2.36. The van der Waals surface area contributed by atoms with Crippen molar-refractivity contribution in [2.75, 3.05) is 13.7 Å². The molecule has 1 aromatic carbocycles. The number of alkyl carbamates (subject to hydrolysis) is 1. The number of halogens is 2. The zero-order valence-electron chi connectivity index (χ0n) is 35.2. The quantitative estimate of drug-likeness (QED) is 0.332. The van der Waals surface area contributed by atoms with Gasteiger partial charge in [-0.05, 0) is 87.7 Å². The van der Waals surface area contributed by atoms with Gasteiger partial charge in [0.15, 0.2) is 0 Å². The molecule has 6 aliphatic rings. The molecule has 4 saturated carbocycles. The molecule has 3 N–H and O–H groups in total. The number of fused-ring (bicyclic) bond motifs is 7. The molecule has 5 fully saturated rings. The summed E-state index contributed by atoms with van der Waals surface area (Å²) in [6.07, 6.45) is -0.420. The summed E-state index contributed by atoms with van der Waals surface area (Å²) in [6, 6.07) is 2.78. The Labute approximate surface area is 348 Å². The van der Waals surface area contributed by atoms with Crippen molar-refractivity contribution in [2.24, 2.45) is 29.1 Å². The van der Waals surface area contributed by atoms with Gasteiger partial charge in [0, 0.05) is 17.4 Å². The number of sulfonamides is 1. The molecule has 2 bridgehead atoms. The second-order valence-electron chi connectivity index (χ2n) is 19.5. The van der Waals surface area contributed by atoms with Crippen molar-refractivity contribution in [3.63, 3.8) is 0 Å². The highest BCUT2D eigenvalue weighted by atomic mass is 32.2. The van der Waals surface area contributed by atoms with Gasteiger partial charge in [-0.15, -0.1) is 0 Å². The van der Waals surface area contributed by atoms with Crippen LogP contribution < -0.4 is 24.8 Å². The molecule has 2 unspecified atom stereocenters.